The summed E-state index contributed by atoms with van der Waals surface area (Å²) in [5.74, 6) is -0.107. The van der Waals surface area contributed by atoms with Crippen LogP contribution < -0.4 is 4.90 Å². The number of nitriles is 1. The molecule has 1 fully saturated rings. The van der Waals surface area contributed by atoms with E-state index < -0.39 is 5.60 Å². The minimum Gasteiger partial charge on any atom is -0.364 e. The zero-order chi connectivity index (χ0) is 13.3. The van der Waals surface area contributed by atoms with Gasteiger partial charge < -0.3 is 9.64 Å². The summed E-state index contributed by atoms with van der Waals surface area (Å²) in [6, 6.07) is 9.20. The van der Waals surface area contributed by atoms with E-state index in [1.165, 1.54) is 0 Å². The second kappa shape index (κ2) is 4.43. The lowest BCUT2D eigenvalue weighted by atomic mass is 10.0. The fourth-order valence-corrected chi connectivity index (χ4v) is 2.08. The smallest absolute Gasteiger partial charge is 0.259 e. The molecule has 0 radical (unpaired) electrons. The zero-order valence-electron chi connectivity index (χ0n) is 10.8. The first-order chi connectivity index (χ1) is 8.47. The highest BCUT2D eigenvalue weighted by Crippen LogP contribution is 2.30. The standard InChI is InChI=1S/C14H16N2O2/c1-10-9-18-14(2,3)13(17)16(10)12-7-5-4-6-11(12)8-15/h4-7,10H,9H2,1-3H3. The summed E-state index contributed by atoms with van der Waals surface area (Å²) in [5.41, 5.74) is 0.332. The second-order valence-corrected chi connectivity index (χ2v) is 4.97. The summed E-state index contributed by atoms with van der Waals surface area (Å²) >= 11 is 0. The number of morpholine rings is 1. The quantitative estimate of drug-likeness (QED) is 0.760. The molecule has 1 aliphatic heterocycles. The molecule has 0 aliphatic carbocycles. The number of amides is 1. The average molecular weight is 244 g/mol. The number of carbonyl (C=O) groups excluding carboxylic acids is 1. The van der Waals surface area contributed by atoms with Gasteiger partial charge in [-0.05, 0) is 32.9 Å². The van der Waals surface area contributed by atoms with Crippen molar-refractivity contribution in [2.75, 3.05) is 11.5 Å². The number of hydrogen-bond acceptors (Lipinski definition) is 3. The number of benzene rings is 1. The lowest BCUT2D eigenvalue weighted by Gasteiger charge is -2.41. The van der Waals surface area contributed by atoms with Gasteiger partial charge in [-0.2, -0.15) is 5.26 Å². The van der Waals surface area contributed by atoms with Crippen LogP contribution in [0.15, 0.2) is 24.3 Å². The Morgan fingerprint density at radius 3 is 2.78 bits per heavy atom. The van der Waals surface area contributed by atoms with Crippen molar-refractivity contribution >= 4 is 11.6 Å². The van der Waals surface area contributed by atoms with Gasteiger partial charge in [0.25, 0.3) is 5.91 Å². The van der Waals surface area contributed by atoms with Crippen molar-refractivity contribution in [3.05, 3.63) is 29.8 Å². The Labute approximate surface area is 107 Å². The van der Waals surface area contributed by atoms with E-state index >= 15 is 0 Å². The molecule has 1 aromatic rings. The Bertz CT molecular complexity index is 517. The molecule has 1 aromatic carbocycles. The number of rotatable bonds is 1. The fraction of sp³-hybridized carbons (Fsp3) is 0.429. The highest BCUT2D eigenvalue weighted by atomic mass is 16.5. The number of para-hydroxylation sites is 1. The highest BCUT2D eigenvalue weighted by molar-refractivity contribution is 6.01. The second-order valence-electron chi connectivity index (χ2n) is 4.97. The van der Waals surface area contributed by atoms with Gasteiger partial charge in [0.1, 0.15) is 11.7 Å². The van der Waals surface area contributed by atoms with E-state index in [0.717, 1.165) is 0 Å². The molecule has 1 aliphatic rings. The maximum Gasteiger partial charge on any atom is 0.259 e. The van der Waals surface area contributed by atoms with Gasteiger partial charge in [0.15, 0.2) is 0 Å². The third-order valence-electron chi connectivity index (χ3n) is 3.14. The maximum absolute atomic E-state index is 12.4. The molecule has 2 rings (SSSR count). The molecule has 18 heavy (non-hydrogen) atoms. The molecule has 1 amide bonds. The molecule has 0 bridgehead atoms. The highest BCUT2D eigenvalue weighted by Gasteiger charge is 2.41. The summed E-state index contributed by atoms with van der Waals surface area (Å²) in [5, 5.41) is 9.13. The fourth-order valence-electron chi connectivity index (χ4n) is 2.08. The van der Waals surface area contributed by atoms with Gasteiger partial charge >= 0.3 is 0 Å². The minimum atomic E-state index is -0.838. The Balaban J connectivity index is 2.48. The largest absolute Gasteiger partial charge is 0.364 e. The van der Waals surface area contributed by atoms with E-state index in [1.807, 2.05) is 13.0 Å². The van der Waals surface area contributed by atoms with Crippen LogP contribution in [0.5, 0.6) is 0 Å². The molecular weight excluding hydrogens is 228 g/mol. The summed E-state index contributed by atoms with van der Waals surface area (Å²) in [6.07, 6.45) is 0. The molecule has 0 aromatic heterocycles. The van der Waals surface area contributed by atoms with Gasteiger partial charge in [-0.3, -0.25) is 4.79 Å². The van der Waals surface area contributed by atoms with Crippen LogP contribution in [0, 0.1) is 11.3 Å². The molecule has 1 heterocycles. The Morgan fingerprint density at radius 2 is 2.11 bits per heavy atom. The molecule has 0 saturated carbocycles. The van der Waals surface area contributed by atoms with Gasteiger partial charge in [0, 0.05) is 0 Å². The van der Waals surface area contributed by atoms with Gasteiger partial charge in [0.05, 0.1) is 23.9 Å². The van der Waals surface area contributed by atoms with E-state index in [0.29, 0.717) is 17.9 Å². The van der Waals surface area contributed by atoms with Crippen molar-refractivity contribution < 1.29 is 9.53 Å². The number of hydrogen-bond donors (Lipinski definition) is 0. The minimum absolute atomic E-state index is 0.0694. The van der Waals surface area contributed by atoms with Crippen LogP contribution in [-0.2, 0) is 9.53 Å². The molecule has 1 saturated heterocycles. The summed E-state index contributed by atoms with van der Waals surface area (Å²) in [7, 11) is 0. The lowest BCUT2D eigenvalue weighted by Crippen LogP contribution is -2.58. The Morgan fingerprint density at radius 1 is 1.44 bits per heavy atom. The van der Waals surface area contributed by atoms with E-state index in [4.69, 9.17) is 10.00 Å². The topological polar surface area (TPSA) is 53.3 Å². The monoisotopic (exact) mass is 244 g/mol. The van der Waals surface area contributed by atoms with Crippen molar-refractivity contribution in [3.8, 4) is 6.07 Å². The Kier molecular flexibility index (Phi) is 3.10. The van der Waals surface area contributed by atoms with Gasteiger partial charge in [-0.15, -0.1) is 0 Å². The molecular formula is C14H16N2O2. The van der Waals surface area contributed by atoms with Crippen LogP contribution in [0.25, 0.3) is 0 Å². The van der Waals surface area contributed by atoms with Gasteiger partial charge in [-0.25, -0.2) is 0 Å². The predicted octanol–water partition coefficient (Wildman–Crippen LogP) is 2.09. The Hall–Kier alpha value is -1.86. The molecule has 0 N–H and O–H groups in total. The summed E-state index contributed by atoms with van der Waals surface area (Å²) in [6.45, 7) is 5.90. The van der Waals surface area contributed by atoms with Crippen molar-refractivity contribution in [3.63, 3.8) is 0 Å². The van der Waals surface area contributed by atoms with E-state index in [1.54, 1.807) is 36.9 Å². The number of ether oxygens (including phenoxy) is 1. The number of nitrogens with zero attached hydrogens (tertiary/aromatic N) is 2. The van der Waals surface area contributed by atoms with Gasteiger partial charge in [0.2, 0.25) is 0 Å². The average Bonchev–Trinajstić information content (AvgIpc) is 2.36. The number of anilines is 1. The van der Waals surface area contributed by atoms with Crippen molar-refractivity contribution in [2.45, 2.75) is 32.4 Å². The van der Waals surface area contributed by atoms with Crippen molar-refractivity contribution in [1.29, 1.82) is 5.26 Å². The molecule has 4 heteroatoms. The zero-order valence-corrected chi connectivity index (χ0v) is 10.8. The van der Waals surface area contributed by atoms with E-state index in [2.05, 4.69) is 6.07 Å². The molecule has 1 unspecified atom stereocenters. The predicted molar refractivity (Wildman–Crippen MR) is 68.1 cm³/mol. The van der Waals surface area contributed by atoms with Crippen LogP contribution in [0.3, 0.4) is 0 Å². The van der Waals surface area contributed by atoms with Crippen LogP contribution in [0.2, 0.25) is 0 Å². The first-order valence-electron chi connectivity index (χ1n) is 5.94. The SMILES string of the molecule is CC1COC(C)(C)C(=O)N1c1ccccc1C#N. The van der Waals surface area contributed by atoms with Gasteiger partial charge in [-0.1, -0.05) is 12.1 Å². The van der Waals surface area contributed by atoms with Crippen LogP contribution >= 0.6 is 0 Å². The molecule has 4 nitrogen and oxygen atoms in total. The van der Waals surface area contributed by atoms with Crippen molar-refractivity contribution in [2.24, 2.45) is 0 Å². The third kappa shape index (κ3) is 1.98. The van der Waals surface area contributed by atoms with Crippen LogP contribution in [0.1, 0.15) is 26.3 Å². The lowest BCUT2D eigenvalue weighted by molar-refractivity contribution is -0.147. The molecule has 0 spiro atoms. The molecule has 1 atom stereocenters. The van der Waals surface area contributed by atoms with Crippen LogP contribution in [-0.4, -0.2) is 24.2 Å². The summed E-state index contributed by atoms with van der Waals surface area (Å²) < 4.78 is 5.54. The van der Waals surface area contributed by atoms with Crippen molar-refractivity contribution in [1.82, 2.24) is 0 Å². The van der Waals surface area contributed by atoms with E-state index in [9.17, 15) is 4.79 Å². The van der Waals surface area contributed by atoms with Crippen LogP contribution in [0.4, 0.5) is 5.69 Å². The maximum atomic E-state index is 12.4. The first kappa shape index (κ1) is 12.6. The van der Waals surface area contributed by atoms with E-state index in [-0.39, 0.29) is 11.9 Å². The first-order valence-corrected chi connectivity index (χ1v) is 5.94. The third-order valence-corrected chi connectivity index (χ3v) is 3.14. The summed E-state index contributed by atoms with van der Waals surface area (Å²) in [4.78, 5) is 14.1. The number of carbonyl (C=O) groups is 1. The normalized spacial score (nSPS) is 22.7. The molecule has 94 valence electrons.